The molecule has 0 saturated heterocycles. The second-order valence-electron chi connectivity index (χ2n) is 6.34. The van der Waals surface area contributed by atoms with E-state index in [4.69, 9.17) is 11.6 Å². The maximum absolute atomic E-state index is 13.2. The molecule has 3 heterocycles. The molecule has 1 unspecified atom stereocenters. The van der Waals surface area contributed by atoms with E-state index in [1.807, 2.05) is 19.9 Å². The van der Waals surface area contributed by atoms with Crippen molar-refractivity contribution in [2.24, 2.45) is 12.1 Å². The lowest BCUT2D eigenvalue weighted by Crippen LogP contribution is -2.40. The van der Waals surface area contributed by atoms with Crippen molar-refractivity contribution in [2.75, 3.05) is 5.43 Å². The van der Waals surface area contributed by atoms with Crippen LogP contribution in [-0.2, 0) is 13.6 Å². The van der Waals surface area contributed by atoms with Crippen LogP contribution in [-0.4, -0.2) is 24.4 Å². The molecule has 0 amide bonds. The largest absolute Gasteiger partial charge is 0.332 e. The van der Waals surface area contributed by atoms with Gasteiger partial charge in [0.05, 0.1) is 18.3 Å². The Morgan fingerprint density at radius 2 is 2.00 bits per heavy atom. The number of anilines is 1. The molecule has 1 aliphatic rings. The van der Waals surface area contributed by atoms with Crippen molar-refractivity contribution in [1.29, 1.82) is 0 Å². The van der Waals surface area contributed by atoms with E-state index in [0.29, 0.717) is 27.7 Å². The molecule has 1 aliphatic heterocycles. The monoisotopic (exact) mass is 372 g/mol. The van der Waals surface area contributed by atoms with Crippen molar-refractivity contribution in [3.63, 3.8) is 0 Å². The summed E-state index contributed by atoms with van der Waals surface area (Å²) < 4.78 is 4.34. The van der Waals surface area contributed by atoms with E-state index in [2.05, 4.69) is 15.5 Å². The molecule has 1 aromatic carbocycles. The van der Waals surface area contributed by atoms with Crippen LogP contribution in [0.3, 0.4) is 0 Å². The summed E-state index contributed by atoms with van der Waals surface area (Å²) in [6.07, 6.45) is 0. The van der Waals surface area contributed by atoms with Gasteiger partial charge in [-0.15, -0.1) is 0 Å². The lowest BCUT2D eigenvalue weighted by Gasteiger charge is -2.21. The van der Waals surface area contributed by atoms with Crippen molar-refractivity contribution < 1.29 is 0 Å². The van der Waals surface area contributed by atoms with Crippen molar-refractivity contribution in [2.45, 2.75) is 26.4 Å². The highest BCUT2D eigenvalue weighted by Crippen LogP contribution is 2.25. The van der Waals surface area contributed by atoms with Gasteiger partial charge in [0.25, 0.3) is 5.56 Å². The molecule has 8 nitrogen and oxygen atoms in total. The van der Waals surface area contributed by atoms with Crippen LogP contribution in [0, 0.1) is 0 Å². The molecule has 0 fully saturated rings. The highest BCUT2D eigenvalue weighted by atomic mass is 35.5. The summed E-state index contributed by atoms with van der Waals surface area (Å²) in [4.78, 5) is 30.3. The van der Waals surface area contributed by atoms with Crippen LogP contribution >= 0.6 is 11.6 Å². The molecule has 2 aromatic heterocycles. The van der Waals surface area contributed by atoms with Crippen molar-refractivity contribution in [3.8, 4) is 0 Å². The van der Waals surface area contributed by atoms with E-state index < -0.39 is 11.2 Å². The average molecular weight is 373 g/mol. The number of aryl methyl sites for hydroxylation is 1. The molecule has 0 radical (unpaired) electrons. The number of hydrogen-bond donors (Lipinski definition) is 1. The summed E-state index contributed by atoms with van der Waals surface area (Å²) in [6, 6.07) is 7.01. The molecule has 0 bridgehead atoms. The topological polar surface area (TPSA) is 86.2 Å². The molecule has 26 heavy (non-hydrogen) atoms. The first kappa shape index (κ1) is 16.6. The van der Waals surface area contributed by atoms with Gasteiger partial charge in [-0.05, 0) is 25.5 Å². The van der Waals surface area contributed by atoms with Crippen molar-refractivity contribution in [3.05, 3.63) is 55.7 Å². The Kier molecular flexibility index (Phi) is 3.73. The number of nitrogens with one attached hydrogen (secondary N) is 1. The molecule has 4 rings (SSSR count). The predicted molar refractivity (Wildman–Crippen MR) is 101 cm³/mol. The van der Waals surface area contributed by atoms with E-state index in [9.17, 15) is 9.59 Å². The van der Waals surface area contributed by atoms with E-state index >= 15 is 0 Å². The quantitative estimate of drug-likeness (QED) is 0.745. The lowest BCUT2D eigenvalue weighted by molar-refractivity contribution is 0.645. The maximum Gasteiger partial charge on any atom is 0.332 e. The number of hydrazone groups is 1. The Labute approximate surface area is 153 Å². The summed E-state index contributed by atoms with van der Waals surface area (Å²) >= 11 is 6.21. The van der Waals surface area contributed by atoms with Gasteiger partial charge in [-0.1, -0.05) is 29.8 Å². The van der Waals surface area contributed by atoms with Crippen molar-refractivity contribution in [1.82, 2.24) is 18.7 Å². The number of halogens is 1. The highest BCUT2D eigenvalue weighted by Gasteiger charge is 2.26. The SMILES string of the molecule is CC1=NNc2nc3c(c(=O)n(Cc4ccccc4Cl)c(=O)n3C)n2C1C. The summed E-state index contributed by atoms with van der Waals surface area (Å²) in [7, 11) is 1.60. The number of aromatic nitrogens is 4. The average Bonchev–Trinajstić information content (AvgIpc) is 3.02. The standard InChI is InChI=1S/C17H17ClN6O2/c1-9-10(2)24-13-14(19-16(24)21-20-9)22(3)17(26)23(15(13)25)8-11-6-4-5-7-12(11)18/h4-7,10H,8H2,1-3H3,(H,19,21). The van der Waals surface area contributed by atoms with Gasteiger partial charge >= 0.3 is 5.69 Å². The number of rotatable bonds is 2. The third kappa shape index (κ3) is 2.29. The van der Waals surface area contributed by atoms with E-state index in [1.165, 1.54) is 9.13 Å². The van der Waals surface area contributed by atoms with Gasteiger partial charge in [-0.3, -0.25) is 18.5 Å². The number of hydrogen-bond acceptors (Lipinski definition) is 5. The normalized spacial score (nSPS) is 16.3. The van der Waals surface area contributed by atoms with Crippen LogP contribution in [0.1, 0.15) is 25.5 Å². The Morgan fingerprint density at radius 3 is 2.73 bits per heavy atom. The third-order valence-electron chi connectivity index (χ3n) is 4.79. The Morgan fingerprint density at radius 1 is 1.27 bits per heavy atom. The fourth-order valence-electron chi connectivity index (χ4n) is 3.15. The number of fused-ring (bicyclic) bond motifs is 3. The maximum atomic E-state index is 13.2. The fraction of sp³-hybridized carbons (Fsp3) is 0.294. The van der Waals surface area contributed by atoms with Crippen LogP contribution in [0.25, 0.3) is 11.2 Å². The van der Waals surface area contributed by atoms with E-state index in [0.717, 1.165) is 5.71 Å². The molecule has 0 aliphatic carbocycles. The molecular formula is C17H17ClN6O2. The first-order valence-electron chi connectivity index (χ1n) is 8.15. The zero-order valence-electron chi connectivity index (χ0n) is 14.5. The molecule has 0 saturated carbocycles. The summed E-state index contributed by atoms with van der Waals surface area (Å²) in [6.45, 7) is 3.90. The fourth-order valence-corrected chi connectivity index (χ4v) is 3.35. The van der Waals surface area contributed by atoms with Crippen LogP contribution < -0.4 is 16.7 Å². The molecule has 1 atom stereocenters. The Hall–Kier alpha value is -2.87. The summed E-state index contributed by atoms with van der Waals surface area (Å²) in [5.74, 6) is 0.445. The second kappa shape index (κ2) is 5.84. The van der Waals surface area contributed by atoms with Crippen LogP contribution in [0.4, 0.5) is 5.95 Å². The first-order valence-corrected chi connectivity index (χ1v) is 8.53. The molecular weight excluding hydrogens is 356 g/mol. The van der Waals surface area contributed by atoms with Gasteiger partial charge in [-0.2, -0.15) is 10.1 Å². The van der Waals surface area contributed by atoms with Crippen molar-refractivity contribution >= 4 is 34.4 Å². The zero-order valence-corrected chi connectivity index (χ0v) is 15.3. The highest BCUT2D eigenvalue weighted by molar-refractivity contribution is 6.31. The minimum atomic E-state index is -0.442. The number of benzene rings is 1. The lowest BCUT2D eigenvalue weighted by atomic mass is 10.2. The summed E-state index contributed by atoms with van der Waals surface area (Å²) in [5, 5.41) is 4.71. The van der Waals surface area contributed by atoms with Crippen LogP contribution in [0.5, 0.6) is 0 Å². The van der Waals surface area contributed by atoms with Gasteiger partial charge in [-0.25, -0.2) is 10.2 Å². The number of nitrogens with zero attached hydrogens (tertiary/aromatic N) is 5. The van der Waals surface area contributed by atoms with Crippen LogP contribution in [0.2, 0.25) is 5.02 Å². The Bertz CT molecular complexity index is 1190. The summed E-state index contributed by atoms with van der Waals surface area (Å²) in [5.41, 5.74) is 4.22. The number of imidazole rings is 1. The minimum absolute atomic E-state index is 0.0938. The smallest absolute Gasteiger partial charge is 0.294 e. The van der Waals surface area contributed by atoms with Crippen LogP contribution in [0.15, 0.2) is 39.0 Å². The zero-order chi connectivity index (χ0) is 18.6. The Balaban J connectivity index is 2.01. The van der Waals surface area contributed by atoms with Gasteiger partial charge in [0.2, 0.25) is 5.95 Å². The predicted octanol–water partition coefficient (Wildman–Crippen LogP) is 1.96. The van der Waals surface area contributed by atoms with Gasteiger partial charge in [0.1, 0.15) is 0 Å². The molecule has 1 N–H and O–H groups in total. The molecule has 134 valence electrons. The molecule has 9 heteroatoms. The second-order valence-corrected chi connectivity index (χ2v) is 6.75. The first-order chi connectivity index (χ1) is 12.4. The molecule has 3 aromatic rings. The van der Waals surface area contributed by atoms with Gasteiger partial charge in [0, 0.05) is 12.1 Å². The third-order valence-corrected chi connectivity index (χ3v) is 5.16. The van der Waals surface area contributed by atoms with Gasteiger partial charge < -0.3 is 0 Å². The minimum Gasteiger partial charge on any atom is -0.294 e. The van der Waals surface area contributed by atoms with Gasteiger partial charge in [0.15, 0.2) is 11.2 Å². The van der Waals surface area contributed by atoms with E-state index in [-0.39, 0.29) is 12.6 Å². The van der Waals surface area contributed by atoms with E-state index in [1.54, 1.807) is 29.8 Å². The molecule has 0 spiro atoms.